The molecule has 5 heteroatoms. The number of carboxylic acids is 1. The zero-order valence-electron chi connectivity index (χ0n) is 12.6. The summed E-state index contributed by atoms with van der Waals surface area (Å²) in [6, 6.07) is 0.505. The number of rotatable bonds is 4. The van der Waals surface area contributed by atoms with E-state index in [0.717, 1.165) is 23.8 Å². The summed E-state index contributed by atoms with van der Waals surface area (Å²) in [6.45, 7) is 7.22. The SMILES string of the molecule is CCC1CCCCCN1c1nc(C(C)C)c(C(=O)O)s1. The molecule has 1 aromatic rings. The average Bonchev–Trinajstić information content (AvgIpc) is 2.72. The summed E-state index contributed by atoms with van der Waals surface area (Å²) in [5.41, 5.74) is 0.733. The average molecular weight is 296 g/mol. The molecule has 0 amide bonds. The van der Waals surface area contributed by atoms with Gasteiger partial charge in [-0.05, 0) is 25.2 Å². The largest absolute Gasteiger partial charge is 0.477 e. The lowest BCUT2D eigenvalue weighted by molar-refractivity contribution is 0.0700. The van der Waals surface area contributed by atoms with Crippen molar-refractivity contribution in [3.05, 3.63) is 10.6 Å². The number of hydrogen-bond donors (Lipinski definition) is 1. The van der Waals surface area contributed by atoms with Gasteiger partial charge in [-0.3, -0.25) is 0 Å². The van der Waals surface area contributed by atoms with Gasteiger partial charge in [-0.2, -0.15) is 0 Å². The Bertz CT molecular complexity index is 470. The highest BCUT2D eigenvalue weighted by atomic mass is 32.1. The van der Waals surface area contributed by atoms with E-state index in [0.29, 0.717) is 10.9 Å². The Morgan fingerprint density at radius 2 is 2.20 bits per heavy atom. The maximum atomic E-state index is 11.4. The van der Waals surface area contributed by atoms with Crippen LogP contribution in [0.25, 0.3) is 0 Å². The molecule has 0 saturated carbocycles. The van der Waals surface area contributed by atoms with Crippen LogP contribution in [0.2, 0.25) is 0 Å². The van der Waals surface area contributed by atoms with Crippen molar-refractivity contribution in [2.24, 2.45) is 0 Å². The summed E-state index contributed by atoms with van der Waals surface area (Å²) in [5.74, 6) is -0.696. The Morgan fingerprint density at radius 1 is 1.45 bits per heavy atom. The minimum Gasteiger partial charge on any atom is -0.477 e. The molecular formula is C15H24N2O2S. The lowest BCUT2D eigenvalue weighted by atomic mass is 10.1. The predicted octanol–water partition coefficient (Wildman–Crippen LogP) is 4.12. The molecule has 0 aliphatic carbocycles. The van der Waals surface area contributed by atoms with Gasteiger partial charge < -0.3 is 10.0 Å². The van der Waals surface area contributed by atoms with E-state index >= 15 is 0 Å². The fraction of sp³-hybridized carbons (Fsp3) is 0.733. The van der Waals surface area contributed by atoms with Gasteiger partial charge in [0.15, 0.2) is 5.13 Å². The summed E-state index contributed by atoms with van der Waals surface area (Å²) < 4.78 is 0. The summed E-state index contributed by atoms with van der Waals surface area (Å²) in [7, 11) is 0. The van der Waals surface area contributed by atoms with Crippen molar-refractivity contribution >= 4 is 22.4 Å². The third-order valence-corrected chi connectivity index (χ3v) is 5.07. The molecule has 1 atom stereocenters. The first kappa shape index (κ1) is 15.3. The lowest BCUT2D eigenvalue weighted by Crippen LogP contribution is -2.34. The van der Waals surface area contributed by atoms with Gasteiger partial charge in [0.1, 0.15) is 4.88 Å². The predicted molar refractivity (Wildman–Crippen MR) is 83.1 cm³/mol. The topological polar surface area (TPSA) is 53.4 Å². The second-order valence-electron chi connectivity index (χ2n) is 5.78. The molecule has 1 unspecified atom stereocenters. The normalized spacial score (nSPS) is 20.2. The number of carbonyl (C=O) groups is 1. The van der Waals surface area contributed by atoms with Crippen molar-refractivity contribution in [1.29, 1.82) is 0 Å². The van der Waals surface area contributed by atoms with Crippen LogP contribution in [-0.4, -0.2) is 28.6 Å². The first-order chi connectivity index (χ1) is 9.54. The molecule has 0 spiro atoms. The third-order valence-electron chi connectivity index (χ3n) is 3.98. The minimum atomic E-state index is -0.847. The zero-order valence-corrected chi connectivity index (χ0v) is 13.4. The Morgan fingerprint density at radius 3 is 2.75 bits per heavy atom. The highest BCUT2D eigenvalue weighted by molar-refractivity contribution is 7.17. The van der Waals surface area contributed by atoms with Crippen LogP contribution in [0.5, 0.6) is 0 Å². The van der Waals surface area contributed by atoms with Crippen molar-refractivity contribution in [3.63, 3.8) is 0 Å². The molecule has 2 rings (SSSR count). The lowest BCUT2D eigenvalue weighted by Gasteiger charge is -2.28. The summed E-state index contributed by atoms with van der Waals surface area (Å²) in [6.07, 6.45) is 5.99. The number of nitrogens with zero attached hydrogens (tertiary/aromatic N) is 2. The van der Waals surface area contributed by atoms with Gasteiger partial charge in [0, 0.05) is 12.6 Å². The van der Waals surface area contributed by atoms with E-state index in [2.05, 4.69) is 16.8 Å². The standard InChI is InChI=1S/C15H24N2O2S/c1-4-11-8-6-5-7-9-17(11)15-16-12(10(2)3)13(20-15)14(18)19/h10-11H,4-9H2,1-3H3,(H,18,19). The van der Waals surface area contributed by atoms with Gasteiger partial charge in [0.05, 0.1) is 5.69 Å². The quantitative estimate of drug-likeness (QED) is 0.908. The molecule has 0 bridgehead atoms. The van der Waals surface area contributed by atoms with E-state index in [-0.39, 0.29) is 5.92 Å². The van der Waals surface area contributed by atoms with E-state index in [4.69, 9.17) is 0 Å². The fourth-order valence-corrected chi connectivity index (χ4v) is 4.00. The molecule has 112 valence electrons. The molecule has 0 aromatic carbocycles. The Labute approximate surface area is 124 Å². The Kier molecular flexibility index (Phi) is 5.02. The molecule has 0 radical (unpaired) electrons. The van der Waals surface area contributed by atoms with Crippen LogP contribution < -0.4 is 4.90 Å². The maximum absolute atomic E-state index is 11.4. The van der Waals surface area contributed by atoms with Crippen LogP contribution in [0.1, 0.15) is 74.2 Å². The van der Waals surface area contributed by atoms with E-state index in [1.807, 2.05) is 13.8 Å². The smallest absolute Gasteiger partial charge is 0.347 e. The fourth-order valence-electron chi connectivity index (χ4n) is 2.84. The van der Waals surface area contributed by atoms with Crippen LogP contribution in [0.4, 0.5) is 5.13 Å². The summed E-state index contributed by atoms with van der Waals surface area (Å²) >= 11 is 1.35. The molecule has 4 nitrogen and oxygen atoms in total. The molecule has 1 fully saturated rings. The van der Waals surface area contributed by atoms with E-state index in [1.165, 1.54) is 37.0 Å². The Balaban J connectivity index is 2.35. The van der Waals surface area contributed by atoms with Crippen molar-refractivity contribution in [3.8, 4) is 0 Å². The number of hydrogen-bond acceptors (Lipinski definition) is 4. The highest BCUT2D eigenvalue weighted by Gasteiger charge is 2.26. The van der Waals surface area contributed by atoms with Gasteiger partial charge in [-0.15, -0.1) is 0 Å². The number of aromatic carboxylic acids is 1. The molecule has 1 N–H and O–H groups in total. The second kappa shape index (κ2) is 6.57. The van der Waals surface area contributed by atoms with Gasteiger partial charge >= 0.3 is 5.97 Å². The monoisotopic (exact) mass is 296 g/mol. The number of aromatic nitrogens is 1. The number of carboxylic acid groups (broad SMARTS) is 1. The van der Waals surface area contributed by atoms with Crippen molar-refractivity contribution in [2.45, 2.75) is 64.8 Å². The van der Waals surface area contributed by atoms with Crippen molar-refractivity contribution in [1.82, 2.24) is 4.98 Å². The summed E-state index contributed by atoms with van der Waals surface area (Å²) in [4.78, 5) is 18.8. The van der Waals surface area contributed by atoms with Crippen molar-refractivity contribution in [2.75, 3.05) is 11.4 Å². The van der Waals surface area contributed by atoms with Gasteiger partial charge in [0.25, 0.3) is 0 Å². The third kappa shape index (κ3) is 3.14. The highest BCUT2D eigenvalue weighted by Crippen LogP contribution is 2.34. The van der Waals surface area contributed by atoms with Crippen LogP contribution in [0.15, 0.2) is 0 Å². The first-order valence-corrected chi connectivity index (χ1v) is 8.36. The van der Waals surface area contributed by atoms with Crippen LogP contribution in [-0.2, 0) is 0 Å². The Hall–Kier alpha value is -1.10. The second-order valence-corrected chi connectivity index (χ2v) is 6.75. The first-order valence-electron chi connectivity index (χ1n) is 7.55. The number of thiazole rings is 1. The number of anilines is 1. The van der Waals surface area contributed by atoms with Crippen LogP contribution in [0.3, 0.4) is 0 Å². The van der Waals surface area contributed by atoms with E-state index < -0.39 is 5.97 Å². The molecule has 1 saturated heterocycles. The van der Waals surface area contributed by atoms with Crippen LogP contribution >= 0.6 is 11.3 Å². The molecule has 20 heavy (non-hydrogen) atoms. The zero-order chi connectivity index (χ0) is 14.7. The van der Waals surface area contributed by atoms with E-state index in [1.54, 1.807) is 0 Å². The molecule has 1 aliphatic rings. The molecule has 1 aromatic heterocycles. The molecular weight excluding hydrogens is 272 g/mol. The van der Waals surface area contributed by atoms with E-state index in [9.17, 15) is 9.90 Å². The minimum absolute atomic E-state index is 0.151. The van der Waals surface area contributed by atoms with Gasteiger partial charge in [0.2, 0.25) is 0 Å². The van der Waals surface area contributed by atoms with Crippen molar-refractivity contribution < 1.29 is 9.90 Å². The molecule has 2 heterocycles. The molecule has 1 aliphatic heterocycles. The maximum Gasteiger partial charge on any atom is 0.347 e. The van der Waals surface area contributed by atoms with Gasteiger partial charge in [-0.1, -0.05) is 44.9 Å². The summed E-state index contributed by atoms with van der Waals surface area (Å²) in [5, 5.41) is 10.3. The van der Waals surface area contributed by atoms with Crippen LogP contribution in [0, 0.1) is 0 Å². The van der Waals surface area contributed by atoms with Gasteiger partial charge in [-0.25, -0.2) is 9.78 Å².